The van der Waals surface area contributed by atoms with Crippen LogP contribution in [0.15, 0.2) is 75.6 Å². The Labute approximate surface area is 171 Å². The number of carbonyl (C=O) groups is 1. The third-order valence-corrected chi connectivity index (χ3v) is 5.27. The highest BCUT2D eigenvalue weighted by Crippen LogP contribution is 2.26. The topological polar surface area (TPSA) is 55.1 Å². The standard InChI is InChI=1S/C20H12BrIN2O2/c21-13-8-9-16(22)15(11-13)19(25)23-14-5-3-4-12(10-14)20-24-17-6-1-2-7-18(17)26-20/h1-11H,(H,23,25). The number of halogens is 2. The van der Waals surface area contributed by atoms with Crippen LogP contribution in [0.1, 0.15) is 10.4 Å². The average Bonchev–Trinajstić information content (AvgIpc) is 3.08. The van der Waals surface area contributed by atoms with Crippen LogP contribution in [0.4, 0.5) is 5.69 Å². The summed E-state index contributed by atoms with van der Waals surface area (Å²) in [6.45, 7) is 0. The van der Waals surface area contributed by atoms with Gasteiger partial charge in [-0.25, -0.2) is 4.98 Å². The average molecular weight is 519 g/mol. The van der Waals surface area contributed by atoms with E-state index in [4.69, 9.17) is 4.42 Å². The molecule has 0 bridgehead atoms. The van der Waals surface area contributed by atoms with Gasteiger partial charge in [0.05, 0.1) is 5.56 Å². The van der Waals surface area contributed by atoms with Gasteiger partial charge in [-0.1, -0.05) is 34.1 Å². The molecule has 26 heavy (non-hydrogen) atoms. The lowest BCUT2D eigenvalue weighted by Gasteiger charge is -2.08. The van der Waals surface area contributed by atoms with Gasteiger partial charge < -0.3 is 9.73 Å². The molecule has 1 aromatic heterocycles. The van der Waals surface area contributed by atoms with E-state index in [0.717, 1.165) is 24.7 Å². The van der Waals surface area contributed by atoms with Crippen molar-refractivity contribution in [1.29, 1.82) is 0 Å². The number of carbonyl (C=O) groups excluding carboxylic acids is 1. The molecule has 3 aromatic carbocycles. The van der Waals surface area contributed by atoms with Crippen molar-refractivity contribution in [2.24, 2.45) is 0 Å². The summed E-state index contributed by atoms with van der Waals surface area (Å²) in [7, 11) is 0. The monoisotopic (exact) mass is 518 g/mol. The van der Waals surface area contributed by atoms with Crippen LogP contribution in [0.2, 0.25) is 0 Å². The first-order chi connectivity index (χ1) is 12.6. The first-order valence-corrected chi connectivity index (χ1v) is 9.70. The molecule has 0 aliphatic heterocycles. The molecule has 1 amide bonds. The maximum absolute atomic E-state index is 12.6. The minimum Gasteiger partial charge on any atom is -0.436 e. The zero-order valence-corrected chi connectivity index (χ0v) is 17.1. The molecule has 4 rings (SSSR count). The fourth-order valence-corrected chi connectivity index (χ4v) is 3.54. The first-order valence-electron chi connectivity index (χ1n) is 7.82. The van der Waals surface area contributed by atoms with Crippen molar-refractivity contribution in [3.05, 3.63) is 80.3 Å². The van der Waals surface area contributed by atoms with E-state index >= 15 is 0 Å². The van der Waals surface area contributed by atoms with Crippen molar-refractivity contribution >= 4 is 61.2 Å². The van der Waals surface area contributed by atoms with Crippen LogP contribution in [0.3, 0.4) is 0 Å². The third-order valence-electron chi connectivity index (χ3n) is 3.83. The van der Waals surface area contributed by atoms with Crippen LogP contribution in [-0.2, 0) is 0 Å². The fraction of sp³-hybridized carbons (Fsp3) is 0. The van der Waals surface area contributed by atoms with Gasteiger partial charge in [0.1, 0.15) is 5.52 Å². The summed E-state index contributed by atoms with van der Waals surface area (Å²) in [6, 6.07) is 20.7. The molecule has 1 heterocycles. The van der Waals surface area contributed by atoms with Gasteiger partial charge in [0.25, 0.3) is 5.91 Å². The normalized spacial score (nSPS) is 10.8. The van der Waals surface area contributed by atoms with Crippen LogP contribution in [0, 0.1) is 3.57 Å². The number of rotatable bonds is 3. The number of fused-ring (bicyclic) bond motifs is 1. The van der Waals surface area contributed by atoms with Gasteiger partial charge in [-0.3, -0.25) is 4.79 Å². The molecule has 0 saturated carbocycles. The number of oxazole rings is 1. The number of hydrogen-bond donors (Lipinski definition) is 1. The van der Waals surface area contributed by atoms with Gasteiger partial charge in [0, 0.05) is 19.3 Å². The van der Waals surface area contributed by atoms with Crippen LogP contribution in [-0.4, -0.2) is 10.9 Å². The van der Waals surface area contributed by atoms with Crippen molar-refractivity contribution in [3.63, 3.8) is 0 Å². The molecule has 1 N–H and O–H groups in total. The predicted molar refractivity (Wildman–Crippen MR) is 114 cm³/mol. The first kappa shape index (κ1) is 17.2. The molecule has 0 spiro atoms. The molecule has 4 nitrogen and oxygen atoms in total. The summed E-state index contributed by atoms with van der Waals surface area (Å²) >= 11 is 5.56. The van der Waals surface area contributed by atoms with Crippen molar-refractivity contribution < 1.29 is 9.21 Å². The molecule has 0 radical (unpaired) electrons. The molecular formula is C20H12BrIN2O2. The predicted octanol–water partition coefficient (Wildman–Crippen LogP) is 6.11. The number of nitrogens with zero attached hydrogens (tertiary/aromatic N) is 1. The van der Waals surface area contributed by atoms with Gasteiger partial charge in [0.2, 0.25) is 5.89 Å². The number of para-hydroxylation sites is 2. The number of amides is 1. The van der Waals surface area contributed by atoms with Gasteiger partial charge in [-0.2, -0.15) is 0 Å². The Kier molecular flexibility index (Phi) is 4.78. The minimum atomic E-state index is -0.162. The molecule has 0 unspecified atom stereocenters. The quantitative estimate of drug-likeness (QED) is 0.333. The molecule has 0 saturated heterocycles. The maximum atomic E-state index is 12.6. The molecule has 4 aromatic rings. The lowest BCUT2D eigenvalue weighted by Crippen LogP contribution is -2.13. The number of hydrogen-bond acceptors (Lipinski definition) is 3. The highest BCUT2D eigenvalue weighted by Gasteiger charge is 2.13. The molecule has 128 valence electrons. The SMILES string of the molecule is O=C(Nc1cccc(-c2nc3ccccc3o2)c1)c1cc(Br)ccc1I. The smallest absolute Gasteiger partial charge is 0.256 e. The van der Waals surface area contributed by atoms with E-state index < -0.39 is 0 Å². The summed E-state index contributed by atoms with van der Waals surface area (Å²) in [5.74, 6) is 0.366. The Morgan fingerprint density at radius 2 is 1.88 bits per heavy atom. The van der Waals surface area contributed by atoms with Gasteiger partial charge in [-0.05, 0) is 71.1 Å². The second-order valence-corrected chi connectivity index (χ2v) is 7.72. The van der Waals surface area contributed by atoms with Crippen LogP contribution >= 0.6 is 38.5 Å². The van der Waals surface area contributed by atoms with Gasteiger partial charge in [-0.15, -0.1) is 0 Å². The Bertz CT molecular complexity index is 1090. The van der Waals surface area contributed by atoms with Crippen LogP contribution in [0.25, 0.3) is 22.6 Å². The minimum absolute atomic E-state index is 0.162. The van der Waals surface area contributed by atoms with Crippen LogP contribution < -0.4 is 5.32 Å². The van der Waals surface area contributed by atoms with E-state index in [-0.39, 0.29) is 5.91 Å². The second kappa shape index (κ2) is 7.20. The molecule has 0 fully saturated rings. The maximum Gasteiger partial charge on any atom is 0.256 e. The van der Waals surface area contributed by atoms with E-state index in [1.807, 2.05) is 66.7 Å². The van der Waals surface area contributed by atoms with Gasteiger partial charge in [0.15, 0.2) is 5.58 Å². The summed E-state index contributed by atoms with van der Waals surface area (Å²) < 4.78 is 7.55. The molecule has 0 aliphatic carbocycles. The highest BCUT2D eigenvalue weighted by molar-refractivity contribution is 14.1. The zero-order chi connectivity index (χ0) is 18.1. The second-order valence-electron chi connectivity index (χ2n) is 5.65. The number of aromatic nitrogens is 1. The largest absolute Gasteiger partial charge is 0.436 e. The Balaban J connectivity index is 1.63. The van der Waals surface area contributed by atoms with E-state index in [0.29, 0.717) is 17.1 Å². The Hall–Kier alpha value is -2.19. The van der Waals surface area contributed by atoms with Crippen molar-refractivity contribution in [2.75, 3.05) is 5.32 Å². The van der Waals surface area contributed by atoms with E-state index in [1.54, 1.807) is 0 Å². The number of benzene rings is 3. The van der Waals surface area contributed by atoms with Crippen LogP contribution in [0.5, 0.6) is 0 Å². The van der Waals surface area contributed by atoms with E-state index in [9.17, 15) is 4.79 Å². The van der Waals surface area contributed by atoms with E-state index in [2.05, 4.69) is 48.8 Å². The Morgan fingerprint density at radius 3 is 2.73 bits per heavy atom. The number of anilines is 1. The van der Waals surface area contributed by atoms with Crippen molar-refractivity contribution in [1.82, 2.24) is 4.98 Å². The summed E-state index contributed by atoms with van der Waals surface area (Å²) in [5.41, 5.74) is 3.65. The van der Waals surface area contributed by atoms with Crippen molar-refractivity contribution in [3.8, 4) is 11.5 Å². The van der Waals surface area contributed by atoms with Crippen molar-refractivity contribution in [2.45, 2.75) is 0 Å². The summed E-state index contributed by atoms with van der Waals surface area (Å²) in [4.78, 5) is 17.1. The fourth-order valence-electron chi connectivity index (χ4n) is 2.60. The molecule has 0 aliphatic rings. The molecule has 0 atom stereocenters. The lowest BCUT2D eigenvalue weighted by molar-refractivity contribution is 0.102. The van der Waals surface area contributed by atoms with E-state index in [1.165, 1.54) is 0 Å². The lowest BCUT2D eigenvalue weighted by atomic mass is 10.1. The number of nitrogens with one attached hydrogen (secondary N) is 1. The van der Waals surface area contributed by atoms with Gasteiger partial charge >= 0.3 is 0 Å². The summed E-state index contributed by atoms with van der Waals surface area (Å²) in [5, 5.41) is 2.94. The molecular weight excluding hydrogens is 507 g/mol. The zero-order valence-electron chi connectivity index (χ0n) is 13.4. The third kappa shape index (κ3) is 3.52. The molecule has 6 heteroatoms. The highest BCUT2D eigenvalue weighted by atomic mass is 127. The summed E-state index contributed by atoms with van der Waals surface area (Å²) in [6.07, 6.45) is 0. The Morgan fingerprint density at radius 1 is 1.04 bits per heavy atom.